The van der Waals surface area contributed by atoms with Gasteiger partial charge in [-0.05, 0) is 31.2 Å². The zero-order valence-corrected chi connectivity index (χ0v) is 10.5. The van der Waals surface area contributed by atoms with E-state index in [0.717, 1.165) is 11.4 Å². The van der Waals surface area contributed by atoms with Crippen molar-refractivity contribution in [2.75, 3.05) is 17.7 Å². The lowest BCUT2D eigenvalue weighted by Gasteiger charge is -2.16. The number of nitrogens with zero attached hydrogens (tertiary/aromatic N) is 2. The summed E-state index contributed by atoms with van der Waals surface area (Å²) in [4.78, 5) is 18.5. The minimum atomic E-state index is -0.0465. The van der Waals surface area contributed by atoms with Gasteiger partial charge >= 0.3 is 0 Å². The minimum Gasteiger partial charge on any atom is -0.399 e. The van der Waals surface area contributed by atoms with Crippen LogP contribution in [0.3, 0.4) is 0 Å². The summed E-state index contributed by atoms with van der Waals surface area (Å²) in [5.74, 6) is -0.0465. The van der Waals surface area contributed by atoms with E-state index in [-0.39, 0.29) is 5.91 Å². The van der Waals surface area contributed by atoms with E-state index in [9.17, 15) is 4.79 Å². The lowest BCUT2D eigenvalue weighted by atomic mass is 10.2. The zero-order chi connectivity index (χ0) is 12.4. The van der Waals surface area contributed by atoms with Crippen molar-refractivity contribution < 1.29 is 4.79 Å². The van der Waals surface area contributed by atoms with Gasteiger partial charge in [-0.1, -0.05) is 0 Å². The normalized spacial score (nSPS) is 10.2. The number of anilines is 2. The predicted molar refractivity (Wildman–Crippen MR) is 70.4 cm³/mol. The summed E-state index contributed by atoms with van der Waals surface area (Å²) in [5, 5.41) is 0. The average Bonchev–Trinajstić information content (AvgIpc) is 2.74. The van der Waals surface area contributed by atoms with Crippen molar-refractivity contribution in [2.45, 2.75) is 6.92 Å². The lowest BCUT2D eigenvalue weighted by molar-refractivity contribution is 0.0996. The Kier molecular flexibility index (Phi) is 3.10. The van der Waals surface area contributed by atoms with E-state index in [0.29, 0.717) is 10.6 Å². The van der Waals surface area contributed by atoms with Crippen molar-refractivity contribution in [1.82, 2.24) is 4.98 Å². The van der Waals surface area contributed by atoms with Gasteiger partial charge in [-0.2, -0.15) is 0 Å². The van der Waals surface area contributed by atoms with Crippen molar-refractivity contribution in [2.24, 2.45) is 0 Å². The first-order valence-corrected chi connectivity index (χ1v) is 6.01. The molecular weight excluding hydrogens is 234 g/mol. The van der Waals surface area contributed by atoms with Crippen LogP contribution in [0, 0.1) is 6.92 Å². The Morgan fingerprint density at radius 1 is 1.35 bits per heavy atom. The van der Waals surface area contributed by atoms with Crippen molar-refractivity contribution in [1.29, 1.82) is 0 Å². The largest absolute Gasteiger partial charge is 0.399 e. The van der Waals surface area contributed by atoms with Gasteiger partial charge in [0.15, 0.2) is 0 Å². The number of amides is 1. The number of hydrogen-bond acceptors (Lipinski definition) is 4. The molecule has 1 heterocycles. The van der Waals surface area contributed by atoms with E-state index < -0.39 is 0 Å². The van der Waals surface area contributed by atoms with Crippen molar-refractivity contribution in [3.05, 3.63) is 40.3 Å². The van der Waals surface area contributed by atoms with E-state index in [1.54, 1.807) is 29.6 Å². The highest BCUT2D eigenvalue weighted by Gasteiger charge is 2.17. The highest BCUT2D eigenvalue weighted by Crippen LogP contribution is 2.20. The highest BCUT2D eigenvalue weighted by atomic mass is 32.1. The van der Waals surface area contributed by atoms with Crippen LogP contribution in [0.2, 0.25) is 0 Å². The summed E-state index contributed by atoms with van der Waals surface area (Å²) in [7, 11) is 1.74. The SMILES string of the molecule is Cc1ncsc1C(=O)N(C)c1ccc(N)cc1. The number of benzene rings is 1. The van der Waals surface area contributed by atoms with Gasteiger partial charge in [-0.3, -0.25) is 4.79 Å². The topological polar surface area (TPSA) is 59.2 Å². The Morgan fingerprint density at radius 2 is 2.00 bits per heavy atom. The van der Waals surface area contributed by atoms with Gasteiger partial charge in [-0.25, -0.2) is 4.98 Å². The van der Waals surface area contributed by atoms with Gasteiger partial charge in [0.25, 0.3) is 5.91 Å². The second-order valence-electron chi connectivity index (χ2n) is 3.72. The maximum Gasteiger partial charge on any atom is 0.269 e. The smallest absolute Gasteiger partial charge is 0.269 e. The molecular formula is C12H13N3OS. The Balaban J connectivity index is 2.26. The Hall–Kier alpha value is -1.88. The summed E-state index contributed by atoms with van der Waals surface area (Å²) in [6, 6.07) is 7.20. The third-order valence-electron chi connectivity index (χ3n) is 2.52. The number of rotatable bonds is 2. The standard InChI is InChI=1S/C12H13N3OS/c1-8-11(17-7-14-8)12(16)15(2)10-5-3-9(13)4-6-10/h3-7H,13H2,1-2H3. The molecule has 0 atom stereocenters. The van der Waals surface area contributed by atoms with Crippen molar-refractivity contribution in [3.63, 3.8) is 0 Å². The number of carbonyl (C=O) groups excluding carboxylic acids is 1. The fourth-order valence-corrected chi connectivity index (χ4v) is 2.25. The molecule has 0 aliphatic rings. The molecule has 1 amide bonds. The van der Waals surface area contributed by atoms with Crippen molar-refractivity contribution in [3.8, 4) is 0 Å². The summed E-state index contributed by atoms with van der Waals surface area (Å²) in [5.41, 5.74) is 9.56. The average molecular weight is 247 g/mol. The Labute approximate surface area is 104 Å². The van der Waals surface area contributed by atoms with E-state index in [1.807, 2.05) is 19.1 Å². The van der Waals surface area contributed by atoms with Gasteiger partial charge in [-0.15, -0.1) is 11.3 Å². The fraction of sp³-hybridized carbons (Fsp3) is 0.167. The molecule has 0 fully saturated rings. The second kappa shape index (κ2) is 4.55. The van der Waals surface area contributed by atoms with Crippen LogP contribution >= 0.6 is 11.3 Å². The van der Waals surface area contributed by atoms with Gasteiger partial charge in [0.2, 0.25) is 0 Å². The monoisotopic (exact) mass is 247 g/mol. The molecule has 5 heteroatoms. The van der Waals surface area contributed by atoms with E-state index >= 15 is 0 Å². The number of nitrogens with two attached hydrogens (primary N) is 1. The molecule has 0 unspecified atom stereocenters. The number of thiazole rings is 1. The van der Waals surface area contributed by atoms with Gasteiger partial charge in [0.1, 0.15) is 4.88 Å². The number of carbonyl (C=O) groups is 1. The van der Waals surface area contributed by atoms with Gasteiger partial charge in [0, 0.05) is 18.4 Å². The molecule has 88 valence electrons. The molecule has 2 N–H and O–H groups in total. The maximum absolute atomic E-state index is 12.2. The van der Waals surface area contributed by atoms with Crippen LogP contribution in [0.1, 0.15) is 15.4 Å². The second-order valence-corrected chi connectivity index (χ2v) is 4.58. The molecule has 1 aromatic heterocycles. The first-order chi connectivity index (χ1) is 8.09. The Bertz CT molecular complexity index is 533. The van der Waals surface area contributed by atoms with Crippen LogP contribution in [-0.4, -0.2) is 17.9 Å². The van der Waals surface area contributed by atoms with Crippen LogP contribution in [0.25, 0.3) is 0 Å². The van der Waals surface area contributed by atoms with E-state index in [4.69, 9.17) is 5.73 Å². The summed E-state index contributed by atoms with van der Waals surface area (Å²) in [6.45, 7) is 1.83. The molecule has 4 nitrogen and oxygen atoms in total. The highest BCUT2D eigenvalue weighted by molar-refractivity contribution is 7.12. The molecule has 0 aliphatic heterocycles. The predicted octanol–water partition coefficient (Wildman–Crippen LogP) is 2.31. The van der Waals surface area contributed by atoms with E-state index in [1.165, 1.54) is 11.3 Å². The summed E-state index contributed by atoms with van der Waals surface area (Å²) >= 11 is 1.36. The fourth-order valence-electron chi connectivity index (χ4n) is 1.47. The molecule has 1 aromatic carbocycles. The molecule has 2 rings (SSSR count). The first kappa shape index (κ1) is 11.6. The molecule has 0 radical (unpaired) electrons. The molecule has 0 aliphatic carbocycles. The zero-order valence-electron chi connectivity index (χ0n) is 9.68. The maximum atomic E-state index is 12.2. The number of nitrogen functional groups attached to an aromatic ring is 1. The van der Waals surface area contributed by atoms with Crippen LogP contribution in [-0.2, 0) is 0 Å². The molecule has 17 heavy (non-hydrogen) atoms. The minimum absolute atomic E-state index is 0.0465. The third-order valence-corrected chi connectivity index (χ3v) is 3.44. The van der Waals surface area contributed by atoms with Gasteiger partial charge in [0.05, 0.1) is 11.2 Å². The van der Waals surface area contributed by atoms with Crippen LogP contribution in [0.15, 0.2) is 29.8 Å². The lowest BCUT2D eigenvalue weighted by Crippen LogP contribution is -2.25. The number of aryl methyl sites for hydroxylation is 1. The summed E-state index contributed by atoms with van der Waals surface area (Å²) in [6.07, 6.45) is 0. The summed E-state index contributed by atoms with van der Waals surface area (Å²) < 4.78 is 0. The number of aromatic nitrogens is 1. The first-order valence-electron chi connectivity index (χ1n) is 5.13. The third kappa shape index (κ3) is 2.29. The number of hydrogen-bond donors (Lipinski definition) is 1. The van der Waals surface area contributed by atoms with Gasteiger partial charge < -0.3 is 10.6 Å². The molecule has 2 aromatic rings. The molecule has 0 bridgehead atoms. The van der Waals surface area contributed by atoms with Crippen LogP contribution in [0.5, 0.6) is 0 Å². The molecule has 0 saturated carbocycles. The molecule has 0 spiro atoms. The molecule has 0 saturated heterocycles. The quantitative estimate of drug-likeness (QED) is 0.828. The van der Waals surface area contributed by atoms with Crippen molar-refractivity contribution >= 4 is 28.6 Å². The van der Waals surface area contributed by atoms with Crippen LogP contribution < -0.4 is 10.6 Å². The van der Waals surface area contributed by atoms with E-state index in [2.05, 4.69) is 4.98 Å². The Morgan fingerprint density at radius 3 is 2.53 bits per heavy atom. The van der Waals surface area contributed by atoms with Crippen LogP contribution in [0.4, 0.5) is 11.4 Å².